The van der Waals surface area contributed by atoms with Gasteiger partial charge in [-0.15, -0.1) is 0 Å². The molecule has 0 fully saturated rings. The van der Waals surface area contributed by atoms with Crippen LogP contribution in [0.1, 0.15) is 26.2 Å². The molecule has 0 aromatic carbocycles. The highest BCUT2D eigenvalue weighted by molar-refractivity contribution is 5.73. The zero-order valence-electron chi connectivity index (χ0n) is 11.1. The molecule has 0 saturated heterocycles. The molecule has 1 unspecified atom stereocenters. The van der Waals surface area contributed by atoms with Crippen molar-refractivity contribution in [2.75, 3.05) is 40.5 Å². The van der Waals surface area contributed by atoms with Crippen LogP contribution in [-0.2, 0) is 14.3 Å². The van der Waals surface area contributed by atoms with Gasteiger partial charge in [-0.25, -0.2) is 0 Å². The first-order chi connectivity index (χ1) is 8.17. The molecule has 0 bridgehead atoms. The van der Waals surface area contributed by atoms with Gasteiger partial charge in [-0.3, -0.25) is 9.69 Å². The summed E-state index contributed by atoms with van der Waals surface area (Å²) in [5, 5.41) is 9.22. The molecular weight excluding hydrogens is 222 g/mol. The zero-order chi connectivity index (χ0) is 13.1. The van der Waals surface area contributed by atoms with Gasteiger partial charge in [0.15, 0.2) is 0 Å². The standard InChI is InChI=1S/C12H25NO4/c1-4-6-11(12(14)15)13(8-10-17-3)7-5-9-16-2/h11H,4-10H2,1-3H3,(H,14,15). The van der Waals surface area contributed by atoms with E-state index in [-0.39, 0.29) is 0 Å². The average Bonchev–Trinajstić information content (AvgIpc) is 2.31. The lowest BCUT2D eigenvalue weighted by Gasteiger charge is -2.28. The van der Waals surface area contributed by atoms with Gasteiger partial charge in [0.25, 0.3) is 0 Å². The summed E-state index contributed by atoms with van der Waals surface area (Å²) in [6, 6.07) is -0.410. The molecule has 0 aliphatic rings. The van der Waals surface area contributed by atoms with Gasteiger partial charge in [-0.1, -0.05) is 13.3 Å². The fourth-order valence-corrected chi connectivity index (χ4v) is 1.78. The molecule has 0 amide bonds. The van der Waals surface area contributed by atoms with Crippen molar-refractivity contribution in [3.63, 3.8) is 0 Å². The highest BCUT2D eigenvalue weighted by atomic mass is 16.5. The molecule has 17 heavy (non-hydrogen) atoms. The Morgan fingerprint density at radius 1 is 1.24 bits per heavy atom. The number of carbonyl (C=O) groups is 1. The van der Waals surface area contributed by atoms with E-state index in [1.54, 1.807) is 14.2 Å². The van der Waals surface area contributed by atoms with Crippen LogP contribution in [0.2, 0.25) is 0 Å². The van der Waals surface area contributed by atoms with Crippen molar-refractivity contribution >= 4 is 5.97 Å². The third-order valence-electron chi connectivity index (χ3n) is 2.66. The normalized spacial score (nSPS) is 12.9. The largest absolute Gasteiger partial charge is 0.480 e. The first kappa shape index (κ1) is 16.4. The smallest absolute Gasteiger partial charge is 0.320 e. The number of carboxylic acids is 1. The highest BCUT2D eigenvalue weighted by Gasteiger charge is 2.23. The molecule has 0 aliphatic heterocycles. The molecule has 0 heterocycles. The maximum atomic E-state index is 11.2. The van der Waals surface area contributed by atoms with Crippen LogP contribution < -0.4 is 0 Å². The lowest BCUT2D eigenvalue weighted by atomic mass is 10.1. The predicted molar refractivity (Wildman–Crippen MR) is 66.3 cm³/mol. The number of methoxy groups -OCH3 is 2. The van der Waals surface area contributed by atoms with Crippen molar-refractivity contribution < 1.29 is 19.4 Å². The van der Waals surface area contributed by atoms with Crippen LogP contribution in [0.3, 0.4) is 0 Å². The Kier molecular flexibility index (Phi) is 10.1. The fraction of sp³-hybridized carbons (Fsp3) is 0.917. The molecule has 5 nitrogen and oxygen atoms in total. The first-order valence-electron chi connectivity index (χ1n) is 6.12. The molecule has 102 valence electrons. The van der Waals surface area contributed by atoms with Crippen LogP contribution in [0.5, 0.6) is 0 Å². The molecule has 1 N–H and O–H groups in total. The number of nitrogens with zero attached hydrogens (tertiary/aromatic N) is 1. The lowest BCUT2D eigenvalue weighted by molar-refractivity contribution is -0.144. The molecule has 0 aromatic heterocycles. The van der Waals surface area contributed by atoms with Crippen LogP contribution in [0, 0.1) is 0 Å². The monoisotopic (exact) mass is 247 g/mol. The number of aliphatic carboxylic acids is 1. The van der Waals surface area contributed by atoms with Crippen molar-refractivity contribution in [3.8, 4) is 0 Å². The Balaban J connectivity index is 4.31. The topological polar surface area (TPSA) is 59.0 Å². The minimum absolute atomic E-state index is 0.410. The molecule has 0 aliphatic carbocycles. The maximum Gasteiger partial charge on any atom is 0.320 e. The van der Waals surface area contributed by atoms with Gasteiger partial charge in [-0.05, 0) is 12.8 Å². The molecule has 0 radical (unpaired) electrons. The lowest BCUT2D eigenvalue weighted by Crippen LogP contribution is -2.43. The fourth-order valence-electron chi connectivity index (χ4n) is 1.78. The van der Waals surface area contributed by atoms with E-state index in [0.29, 0.717) is 26.2 Å². The second-order valence-corrected chi connectivity index (χ2v) is 4.02. The van der Waals surface area contributed by atoms with Gasteiger partial charge >= 0.3 is 5.97 Å². The van der Waals surface area contributed by atoms with E-state index >= 15 is 0 Å². The molecule has 0 spiro atoms. The molecular formula is C12H25NO4. The SMILES string of the molecule is CCCC(C(=O)O)N(CCCOC)CCOC. The highest BCUT2D eigenvalue weighted by Crippen LogP contribution is 2.08. The van der Waals surface area contributed by atoms with E-state index < -0.39 is 12.0 Å². The minimum Gasteiger partial charge on any atom is -0.480 e. The zero-order valence-corrected chi connectivity index (χ0v) is 11.1. The molecule has 0 aromatic rings. The summed E-state index contributed by atoms with van der Waals surface area (Å²) in [4.78, 5) is 13.2. The second-order valence-electron chi connectivity index (χ2n) is 4.02. The van der Waals surface area contributed by atoms with Gasteiger partial charge < -0.3 is 14.6 Å². The second kappa shape index (κ2) is 10.5. The quantitative estimate of drug-likeness (QED) is 0.556. The van der Waals surface area contributed by atoms with Gasteiger partial charge in [0.2, 0.25) is 0 Å². The summed E-state index contributed by atoms with van der Waals surface area (Å²) in [5.41, 5.74) is 0. The van der Waals surface area contributed by atoms with E-state index in [4.69, 9.17) is 9.47 Å². The third-order valence-corrected chi connectivity index (χ3v) is 2.66. The first-order valence-corrected chi connectivity index (χ1v) is 6.12. The maximum absolute atomic E-state index is 11.2. The van der Waals surface area contributed by atoms with Gasteiger partial charge in [0.05, 0.1) is 6.61 Å². The van der Waals surface area contributed by atoms with Crippen molar-refractivity contribution in [1.82, 2.24) is 4.90 Å². The third kappa shape index (κ3) is 7.31. The number of carboxylic acid groups (broad SMARTS) is 1. The van der Waals surface area contributed by atoms with E-state index in [2.05, 4.69) is 0 Å². The summed E-state index contributed by atoms with van der Waals surface area (Å²) in [6.07, 6.45) is 2.38. The van der Waals surface area contributed by atoms with Crippen LogP contribution >= 0.6 is 0 Å². The Morgan fingerprint density at radius 3 is 2.35 bits per heavy atom. The minimum atomic E-state index is -0.750. The van der Waals surface area contributed by atoms with Crippen LogP contribution in [0.4, 0.5) is 0 Å². The predicted octanol–water partition coefficient (Wildman–Crippen LogP) is 1.22. The van der Waals surface area contributed by atoms with E-state index in [0.717, 1.165) is 19.4 Å². The summed E-state index contributed by atoms with van der Waals surface area (Å²) in [6.45, 7) is 4.59. The molecule has 5 heteroatoms. The van der Waals surface area contributed by atoms with E-state index in [1.165, 1.54) is 0 Å². The van der Waals surface area contributed by atoms with Gasteiger partial charge in [-0.2, -0.15) is 0 Å². The van der Waals surface area contributed by atoms with Gasteiger partial charge in [0.1, 0.15) is 6.04 Å². The van der Waals surface area contributed by atoms with Crippen LogP contribution in [-0.4, -0.2) is 62.5 Å². The Bertz CT molecular complexity index is 199. The summed E-state index contributed by atoms with van der Waals surface area (Å²) in [7, 11) is 3.28. The van der Waals surface area contributed by atoms with Crippen molar-refractivity contribution in [1.29, 1.82) is 0 Å². The van der Waals surface area contributed by atoms with Gasteiger partial charge in [0, 0.05) is 33.9 Å². The summed E-state index contributed by atoms with van der Waals surface area (Å²) in [5.74, 6) is -0.750. The molecule has 0 saturated carbocycles. The van der Waals surface area contributed by atoms with Crippen molar-refractivity contribution in [3.05, 3.63) is 0 Å². The number of hydrogen-bond acceptors (Lipinski definition) is 4. The van der Waals surface area contributed by atoms with E-state index in [1.807, 2.05) is 11.8 Å². The number of hydrogen-bond donors (Lipinski definition) is 1. The number of ether oxygens (including phenoxy) is 2. The number of rotatable bonds is 11. The Morgan fingerprint density at radius 2 is 1.88 bits per heavy atom. The Labute approximate surface area is 104 Å². The van der Waals surface area contributed by atoms with Crippen LogP contribution in [0.15, 0.2) is 0 Å². The summed E-state index contributed by atoms with van der Waals surface area (Å²) >= 11 is 0. The van der Waals surface area contributed by atoms with E-state index in [9.17, 15) is 9.90 Å². The molecule has 1 atom stereocenters. The van der Waals surface area contributed by atoms with Crippen LogP contribution in [0.25, 0.3) is 0 Å². The average molecular weight is 247 g/mol. The summed E-state index contributed by atoms with van der Waals surface area (Å²) < 4.78 is 10.0. The van der Waals surface area contributed by atoms with Crippen molar-refractivity contribution in [2.24, 2.45) is 0 Å². The van der Waals surface area contributed by atoms with Crippen molar-refractivity contribution in [2.45, 2.75) is 32.2 Å². The molecule has 0 rings (SSSR count). The Hall–Kier alpha value is -0.650.